The number of nitrogens with zero attached hydrogens (tertiary/aromatic N) is 1. The van der Waals surface area contributed by atoms with Crippen molar-refractivity contribution in [1.29, 1.82) is 0 Å². The highest BCUT2D eigenvalue weighted by Crippen LogP contribution is 2.19. The summed E-state index contributed by atoms with van der Waals surface area (Å²) in [6, 6.07) is 0.515. The first-order chi connectivity index (χ1) is 7.67. The third-order valence-corrected chi connectivity index (χ3v) is 5.35. The molecule has 0 amide bonds. The Morgan fingerprint density at radius 1 is 1.00 bits per heavy atom. The quantitative estimate of drug-likeness (QED) is 0.720. The van der Waals surface area contributed by atoms with Crippen LogP contribution in [0.1, 0.15) is 25.7 Å². The van der Waals surface area contributed by atoms with E-state index in [1.165, 1.54) is 12.8 Å². The van der Waals surface area contributed by atoms with E-state index >= 15 is 0 Å². The van der Waals surface area contributed by atoms with Crippen LogP contribution in [0.4, 0.5) is 0 Å². The van der Waals surface area contributed by atoms with Gasteiger partial charge >= 0.3 is 0 Å². The molecule has 0 aromatic carbocycles. The summed E-state index contributed by atoms with van der Waals surface area (Å²) in [6.45, 7) is 4.44. The third-order valence-electron chi connectivity index (χ3n) is 3.64. The zero-order valence-electron chi connectivity index (χ0n) is 9.82. The molecule has 2 saturated heterocycles. The van der Waals surface area contributed by atoms with Gasteiger partial charge in [0.05, 0.1) is 11.5 Å². The van der Waals surface area contributed by atoms with Crippen LogP contribution in [0.3, 0.4) is 0 Å². The summed E-state index contributed by atoms with van der Waals surface area (Å²) < 4.78 is 22.7. The maximum atomic E-state index is 11.4. The standard InChI is InChI=1S/C11H22N2O2S/c14-16(15)9-3-11(4-10-16)13-7-1-5-12-6-2-8-13/h11-12H,1-10H2. The molecular formula is C11H22N2O2S. The average molecular weight is 246 g/mol. The van der Waals surface area contributed by atoms with Crippen molar-refractivity contribution in [2.75, 3.05) is 37.7 Å². The molecule has 16 heavy (non-hydrogen) atoms. The molecule has 4 nitrogen and oxygen atoms in total. The Hall–Kier alpha value is -0.130. The molecule has 0 spiro atoms. The lowest BCUT2D eigenvalue weighted by atomic mass is 10.1. The van der Waals surface area contributed by atoms with Gasteiger partial charge in [0.15, 0.2) is 0 Å². The second-order valence-corrected chi connectivity index (χ2v) is 7.18. The summed E-state index contributed by atoms with van der Waals surface area (Å²) in [4.78, 5) is 2.51. The van der Waals surface area contributed by atoms with Gasteiger partial charge in [0.1, 0.15) is 9.84 Å². The molecule has 0 aromatic rings. The van der Waals surface area contributed by atoms with E-state index in [0.29, 0.717) is 17.5 Å². The van der Waals surface area contributed by atoms with E-state index < -0.39 is 9.84 Å². The molecule has 2 fully saturated rings. The van der Waals surface area contributed by atoms with E-state index in [1.54, 1.807) is 0 Å². The number of sulfone groups is 1. The van der Waals surface area contributed by atoms with Crippen molar-refractivity contribution < 1.29 is 8.42 Å². The van der Waals surface area contributed by atoms with Gasteiger partial charge in [0, 0.05) is 6.04 Å². The lowest BCUT2D eigenvalue weighted by Crippen LogP contribution is -2.44. The van der Waals surface area contributed by atoms with Crippen molar-refractivity contribution in [3.63, 3.8) is 0 Å². The first-order valence-electron chi connectivity index (χ1n) is 6.32. The zero-order chi connectivity index (χ0) is 11.4. The molecule has 2 aliphatic heterocycles. The number of rotatable bonds is 1. The molecule has 2 heterocycles. The van der Waals surface area contributed by atoms with E-state index in [-0.39, 0.29) is 0 Å². The van der Waals surface area contributed by atoms with Gasteiger partial charge in [-0.1, -0.05) is 0 Å². The highest BCUT2D eigenvalue weighted by atomic mass is 32.2. The van der Waals surface area contributed by atoms with Crippen LogP contribution >= 0.6 is 0 Å². The van der Waals surface area contributed by atoms with Crippen molar-refractivity contribution in [3.8, 4) is 0 Å². The van der Waals surface area contributed by atoms with Gasteiger partial charge in [-0.05, 0) is 51.9 Å². The fourth-order valence-electron chi connectivity index (χ4n) is 2.66. The Bertz CT molecular complexity index is 294. The highest BCUT2D eigenvalue weighted by molar-refractivity contribution is 7.91. The van der Waals surface area contributed by atoms with Crippen LogP contribution in [0.5, 0.6) is 0 Å². The van der Waals surface area contributed by atoms with Crippen LogP contribution < -0.4 is 5.32 Å². The lowest BCUT2D eigenvalue weighted by molar-refractivity contribution is 0.171. The Morgan fingerprint density at radius 3 is 2.12 bits per heavy atom. The van der Waals surface area contributed by atoms with Gasteiger partial charge in [-0.25, -0.2) is 8.42 Å². The second-order valence-electron chi connectivity index (χ2n) is 4.88. The number of hydrogen-bond acceptors (Lipinski definition) is 4. The monoisotopic (exact) mass is 246 g/mol. The maximum Gasteiger partial charge on any atom is 0.150 e. The summed E-state index contributed by atoms with van der Waals surface area (Å²) in [6.07, 6.45) is 4.05. The molecule has 1 N–H and O–H groups in total. The first-order valence-corrected chi connectivity index (χ1v) is 8.15. The zero-order valence-corrected chi connectivity index (χ0v) is 10.6. The van der Waals surface area contributed by atoms with Gasteiger partial charge in [0.2, 0.25) is 0 Å². The SMILES string of the molecule is O=S1(=O)CCC(N2CCCNCCC2)CC1. The van der Waals surface area contributed by atoms with Crippen LogP contribution in [0.25, 0.3) is 0 Å². The van der Waals surface area contributed by atoms with Gasteiger partial charge in [0.25, 0.3) is 0 Å². The molecule has 0 aromatic heterocycles. The average Bonchev–Trinajstić information content (AvgIpc) is 2.18. The van der Waals surface area contributed by atoms with Gasteiger partial charge in [-0.3, -0.25) is 0 Å². The van der Waals surface area contributed by atoms with E-state index in [4.69, 9.17) is 0 Å². The van der Waals surface area contributed by atoms with E-state index in [0.717, 1.165) is 39.0 Å². The lowest BCUT2D eigenvalue weighted by Gasteiger charge is -2.35. The molecule has 94 valence electrons. The van der Waals surface area contributed by atoms with Crippen molar-refractivity contribution in [2.45, 2.75) is 31.7 Å². The minimum absolute atomic E-state index is 0.395. The molecule has 0 atom stereocenters. The van der Waals surface area contributed by atoms with Crippen molar-refractivity contribution >= 4 is 9.84 Å². The van der Waals surface area contributed by atoms with Crippen molar-refractivity contribution in [1.82, 2.24) is 10.2 Å². The van der Waals surface area contributed by atoms with Crippen LogP contribution in [-0.4, -0.2) is 57.0 Å². The molecule has 2 rings (SSSR count). The van der Waals surface area contributed by atoms with Crippen LogP contribution in [0.2, 0.25) is 0 Å². The summed E-state index contributed by atoms with van der Waals surface area (Å²) in [5.74, 6) is 0.791. The largest absolute Gasteiger partial charge is 0.317 e. The minimum atomic E-state index is -2.71. The van der Waals surface area contributed by atoms with Crippen LogP contribution in [0, 0.1) is 0 Å². The molecule has 0 bridgehead atoms. The highest BCUT2D eigenvalue weighted by Gasteiger charge is 2.27. The number of hydrogen-bond donors (Lipinski definition) is 1. The van der Waals surface area contributed by atoms with E-state index in [9.17, 15) is 8.42 Å². The van der Waals surface area contributed by atoms with E-state index in [1.807, 2.05) is 0 Å². The summed E-state index contributed by atoms with van der Waals surface area (Å²) in [5, 5.41) is 3.40. The normalized spacial score (nSPS) is 29.5. The van der Waals surface area contributed by atoms with Crippen molar-refractivity contribution in [3.05, 3.63) is 0 Å². The predicted molar refractivity (Wildman–Crippen MR) is 65.4 cm³/mol. The molecule has 0 unspecified atom stereocenters. The fourth-order valence-corrected chi connectivity index (χ4v) is 4.13. The Balaban J connectivity index is 1.86. The van der Waals surface area contributed by atoms with Crippen molar-refractivity contribution in [2.24, 2.45) is 0 Å². The minimum Gasteiger partial charge on any atom is -0.317 e. The third kappa shape index (κ3) is 3.43. The van der Waals surface area contributed by atoms with E-state index in [2.05, 4.69) is 10.2 Å². The topological polar surface area (TPSA) is 49.4 Å². The number of nitrogens with one attached hydrogen (secondary N) is 1. The van der Waals surface area contributed by atoms with Gasteiger partial charge in [-0.2, -0.15) is 0 Å². The first kappa shape index (κ1) is 12.3. The predicted octanol–water partition coefficient (Wildman–Crippen LogP) is 0.249. The molecule has 5 heteroatoms. The molecule has 0 radical (unpaired) electrons. The molecule has 0 aliphatic carbocycles. The van der Waals surface area contributed by atoms with Crippen LogP contribution in [0.15, 0.2) is 0 Å². The molecular weight excluding hydrogens is 224 g/mol. The Morgan fingerprint density at radius 2 is 1.56 bits per heavy atom. The summed E-state index contributed by atoms with van der Waals surface area (Å²) in [7, 11) is -2.71. The molecule has 2 aliphatic rings. The fraction of sp³-hybridized carbons (Fsp3) is 1.00. The summed E-state index contributed by atoms with van der Waals surface area (Å²) >= 11 is 0. The Labute approximate surface area is 98.3 Å². The van der Waals surface area contributed by atoms with Crippen LogP contribution in [-0.2, 0) is 9.84 Å². The maximum absolute atomic E-state index is 11.4. The smallest absolute Gasteiger partial charge is 0.150 e. The summed E-state index contributed by atoms with van der Waals surface area (Å²) in [5.41, 5.74) is 0. The Kier molecular flexibility index (Phi) is 4.21. The van der Waals surface area contributed by atoms with Gasteiger partial charge in [-0.15, -0.1) is 0 Å². The molecule has 0 saturated carbocycles. The van der Waals surface area contributed by atoms with Gasteiger partial charge < -0.3 is 10.2 Å². The second kappa shape index (κ2) is 5.47.